The van der Waals surface area contributed by atoms with Crippen LogP contribution in [0.25, 0.3) is 0 Å². The number of aliphatic hydroxyl groups excluding tert-OH is 2. The van der Waals surface area contributed by atoms with E-state index in [0.717, 1.165) is 10.8 Å². The van der Waals surface area contributed by atoms with Crippen molar-refractivity contribution in [2.45, 2.75) is 69.5 Å². The van der Waals surface area contributed by atoms with E-state index in [1.165, 1.54) is 0 Å². The number of halogens is 1. The van der Waals surface area contributed by atoms with Gasteiger partial charge in [-0.25, -0.2) is 4.79 Å². The number of aliphatic hydroxyl groups is 2. The number of H-pyrrole nitrogens is 1. The van der Waals surface area contributed by atoms with E-state index in [1.807, 2.05) is 38.8 Å². The maximum atomic E-state index is 13.4. The molecule has 24 heavy (non-hydrogen) atoms. The van der Waals surface area contributed by atoms with Crippen molar-refractivity contribution in [3.05, 3.63) is 32.9 Å². The van der Waals surface area contributed by atoms with Gasteiger partial charge in [-0.05, 0) is 5.04 Å². The number of nitrogens with one attached hydrogen (secondary N) is 1. The predicted octanol–water partition coefficient (Wildman–Crippen LogP) is 0.733. The van der Waals surface area contributed by atoms with Gasteiger partial charge in [-0.3, -0.25) is 14.3 Å². The lowest BCUT2D eigenvalue weighted by Gasteiger charge is -2.43. The Morgan fingerprint density at radius 3 is 2.54 bits per heavy atom. The second-order valence-electron chi connectivity index (χ2n) is 7.92. The van der Waals surface area contributed by atoms with Crippen LogP contribution >= 0.6 is 0 Å². The molecule has 0 aromatic carbocycles. The Morgan fingerprint density at radius 2 is 2.00 bits per heavy atom. The molecule has 1 saturated heterocycles. The lowest BCUT2D eigenvalue weighted by molar-refractivity contribution is -0.0630. The highest BCUT2D eigenvalue weighted by atomic mass is 28.3. The van der Waals surface area contributed by atoms with Crippen molar-refractivity contribution in [1.29, 1.82) is 0 Å². The SMILES string of the molecule is CC(C)(C)[Si](C)(C)C(O)[C@H]1O[C@@H](n2cc(F)c(=O)[nH]c2=O)C[C@@H]1O. The zero-order valence-corrected chi connectivity index (χ0v) is 15.5. The Balaban J connectivity index is 2.29. The van der Waals surface area contributed by atoms with Crippen molar-refractivity contribution in [3.8, 4) is 0 Å². The maximum Gasteiger partial charge on any atom is 0.330 e. The summed E-state index contributed by atoms with van der Waals surface area (Å²) in [6.07, 6.45) is -2.00. The third-order valence-corrected chi connectivity index (χ3v) is 11.0. The molecule has 136 valence electrons. The number of hydrogen-bond acceptors (Lipinski definition) is 5. The summed E-state index contributed by atoms with van der Waals surface area (Å²) in [4.78, 5) is 24.8. The number of aromatic amines is 1. The van der Waals surface area contributed by atoms with Gasteiger partial charge in [0.05, 0.1) is 26.1 Å². The highest BCUT2D eigenvalue weighted by Gasteiger charge is 2.50. The van der Waals surface area contributed by atoms with E-state index in [0.29, 0.717) is 0 Å². The molecule has 3 N–H and O–H groups in total. The molecule has 1 aliphatic rings. The molecule has 1 aromatic heterocycles. The van der Waals surface area contributed by atoms with Crippen LogP contribution in [0.2, 0.25) is 18.1 Å². The van der Waals surface area contributed by atoms with Gasteiger partial charge in [-0.1, -0.05) is 33.9 Å². The van der Waals surface area contributed by atoms with E-state index in [9.17, 15) is 24.2 Å². The van der Waals surface area contributed by atoms with Crippen LogP contribution in [0.1, 0.15) is 33.4 Å². The molecule has 1 aliphatic heterocycles. The average Bonchev–Trinajstić information content (AvgIpc) is 2.82. The number of hydrogen-bond donors (Lipinski definition) is 3. The van der Waals surface area contributed by atoms with Crippen molar-refractivity contribution in [2.75, 3.05) is 0 Å². The zero-order valence-electron chi connectivity index (χ0n) is 14.5. The molecule has 1 unspecified atom stereocenters. The molecule has 2 heterocycles. The van der Waals surface area contributed by atoms with Gasteiger partial charge in [-0.15, -0.1) is 0 Å². The van der Waals surface area contributed by atoms with E-state index in [1.54, 1.807) is 0 Å². The molecule has 1 aromatic rings. The highest BCUT2D eigenvalue weighted by Crippen LogP contribution is 2.42. The molecular weight excluding hydrogens is 335 g/mol. The summed E-state index contributed by atoms with van der Waals surface area (Å²) in [5.74, 6) is -1.11. The Bertz CT molecular complexity index is 724. The van der Waals surface area contributed by atoms with Gasteiger partial charge in [0.25, 0.3) is 5.56 Å². The highest BCUT2D eigenvalue weighted by molar-refractivity contribution is 6.81. The standard InChI is InChI=1S/C15H25FN2O5Si/c1-15(2,3)24(4,5)13(21)11-9(19)6-10(23-11)18-7-8(16)12(20)17-14(18)22/h7,9-11,13,19,21H,6H2,1-5H3,(H,17,20,22)/t9-,10+,11-,13?/m0/s1. The molecule has 1 fully saturated rings. The summed E-state index contributed by atoms with van der Waals surface area (Å²) < 4.78 is 20.0. The molecule has 0 spiro atoms. The first-order valence-corrected chi connectivity index (χ1v) is 11.0. The minimum Gasteiger partial charge on any atom is -0.394 e. The van der Waals surface area contributed by atoms with Crippen LogP contribution in [0.15, 0.2) is 15.8 Å². The predicted molar refractivity (Wildman–Crippen MR) is 89.0 cm³/mol. The second-order valence-corrected chi connectivity index (χ2v) is 13.5. The summed E-state index contributed by atoms with van der Waals surface area (Å²) >= 11 is 0. The van der Waals surface area contributed by atoms with Crippen LogP contribution in [0, 0.1) is 5.82 Å². The first kappa shape index (κ1) is 19.0. The van der Waals surface area contributed by atoms with Crippen LogP contribution in [0.3, 0.4) is 0 Å². The topological polar surface area (TPSA) is 105 Å². The Morgan fingerprint density at radius 1 is 1.42 bits per heavy atom. The minimum absolute atomic E-state index is 0.0295. The number of nitrogens with zero attached hydrogens (tertiary/aromatic N) is 1. The van der Waals surface area contributed by atoms with Gasteiger partial charge >= 0.3 is 5.69 Å². The van der Waals surface area contributed by atoms with Crippen molar-refractivity contribution in [1.82, 2.24) is 9.55 Å². The van der Waals surface area contributed by atoms with Gasteiger partial charge in [0.1, 0.15) is 12.3 Å². The molecular formula is C15H25FN2O5Si. The van der Waals surface area contributed by atoms with Gasteiger partial charge in [-0.2, -0.15) is 4.39 Å². The van der Waals surface area contributed by atoms with E-state index < -0.39 is 49.3 Å². The summed E-state index contributed by atoms with van der Waals surface area (Å²) in [7, 11) is -2.23. The van der Waals surface area contributed by atoms with Crippen molar-refractivity contribution in [3.63, 3.8) is 0 Å². The normalized spacial score (nSPS) is 26.6. The first-order chi connectivity index (χ1) is 10.9. The Hall–Kier alpha value is -1.29. The van der Waals surface area contributed by atoms with Gasteiger partial charge in [0, 0.05) is 6.42 Å². The third-order valence-electron chi connectivity index (χ3n) is 5.35. The molecule has 4 atom stereocenters. The molecule has 7 nitrogen and oxygen atoms in total. The van der Waals surface area contributed by atoms with Crippen molar-refractivity contribution < 1.29 is 19.3 Å². The zero-order chi connectivity index (χ0) is 18.4. The van der Waals surface area contributed by atoms with Crippen LogP contribution < -0.4 is 11.2 Å². The average molecular weight is 360 g/mol. The van der Waals surface area contributed by atoms with Crippen LogP contribution in [-0.2, 0) is 4.74 Å². The summed E-state index contributed by atoms with van der Waals surface area (Å²) in [5.41, 5.74) is -2.78. The van der Waals surface area contributed by atoms with E-state index >= 15 is 0 Å². The fourth-order valence-electron chi connectivity index (χ4n) is 2.66. The number of ether oxygens (including phenoxy) is 1. The fraction of sp³-hybridized carbons (Fsp3) is 0.733. The van der Waals surface area contributed by atoms with Crippen molar-refractivity contribution in [2.24, 2.45) is 0 Å². The summed E-state index contributed by atoms with van der Waals surface area (Å²) in [5, 5.41) is 20.9. The van der Waals surface area contributed by atoms with Crippen LogP contribution in [0.5, 0.6) is 0 Å². The summed E-state index contributed by atoms with van der Waals surface area (Å²) in [6.45, 7) is 10.1. The second kappa shape index (κ2) is 6.21. The number of aromatic nitrogens is 2. The molecule has 0 aliphatic carbocycles. The van der Waals surface area contributed by atoms with Gasteiger partial charge < -0.3 is 14.9 Å². The first-order valence-electron chi connectivity index (χ1n) is 7.89. The van der Waals surface area contributed by atoms with Gasteiger partial charge in [0.2, 0.25) is 5.82 Å². The van der Waals surface area contributed by atoms with Gasteiger partial charge in [0.15, 0.2) is 0 Å². The monoisotopic (exact) mass is 360 g/mol. The molecule has 9 heteroatoms. The molecule has 0 amide bonds. The van der Waals surface area contributed by atoms with E-state index in [4.69, 9.17) is 4.74 Å². The maximum absolute atomic E-state index is 13.4. The third kappa shape index (κ3) is 3.25. The smallest absolute Gasteiger partial charge is 0.330 e. The van der Waals surface area contributed by atoms with Crippen molar-refractivity contribution >= 4 is 8.07 Å². The minimum atomic E-state index is -2.23. The van der Waals surface area contributed by atoms with E-state index in [-0.39, 0.29) is 11.5 Å². The Kier molecular flexibility index (Phi) is 4.93. The van der Waals surface area contributed by atoms with Crippen LogP contribution in [0.4, 0.5) is 4.39 Å². The lowest BCUT2D eigenvalue weighted by atomic mass is 10.2. The summed E-state index contributed by atoms with van der Waals surface area (Å²) in [6, 6.07) is 0. The molecule has 2 rings (SSSR count). The molecule has 0 saturated carbocycles. The molecule has 0 bridgehead atoms. The lowest BCUT2D eigenvalue weighted by Crippen LogP contribution is -2.57. The fourth-order valence-corrected chi connectivity index (χ4v) is 4.67. The quantitative estimate of drug-likeness (QED) is 0.690. The number of rotatable bonds is 3. The van der Waals surface area contributed by atoms with E-state index in [2.05, 4.69) is 0 Å². The Labute approximate surface area is 140 Å². The van der Waals surface area contributed by atoms with Crippen LogP contribution in [-0.4, -0.2) is 45.8 Å². The largest absolute Gasteiger partial charge is 0.394 e. The molecule has 0 radical (unpaired) electrons.